The molecule has 8 heteroatoms. The van der Waals surface area contributed by atoms with Crippen molar-refractivity contribution in [3.8, 4) is 0 Å². The van der Waals surface area contributed by atoms with Crippen LogP contribution in [0.3, 0.4) is 0 Å². The van der Waals surface area contributed by atoms with Crippen LogP contribution in [0.15, 0.2) is 29.2 Å². The Kier molecular flexibility index (Phi) is 5.76. The number of alkyl halides is 3. The van der Waals surface area contributed by atoms with Gasteiger partial charge in [0.2, 0.25) is 0 Å². The van der Waals surface area contributed by atoms with E-state index >= 15 is 0 Å². The predicted octanol–water partition coefficient (Wildman–Crippen LogP) is 3.19. The van der Waals surface area contributed by atoms with Gasteiger partial charge in [0.25, 0.3) is 0 Å². The lowest BCUT2D eigenvalue weighted by Gasteiger charge is -2.17. The maximum Gasteiger partial charge on any atom is 0.398 e. The lowest BCUT2D eigenvalue weighted by atomic mass is 10.3. The van der Waals surface area contributed by atoms with Crippen molar-refractivity contribution in [1.29, 1.82) is 0 Å². The molecule has 1 N–H and O–H groups in total. The van der Waals surface area contributed by atoms with E-state index in [1.807, 2.05) is 0 Å². The number of anilines is 1. The molecular formula is C12H16F3NO2S2. The number of hydrogen-bond donors (Lipinski definition) is 1. The summed E-state index contributed by atoms with van der Waals surface area (Å²) >= 11 is 0.677. The molecule has 1 rings (SSSR count). The highest BCUT2D eigenvalue weighted by Gasteiger charge is 2.27. The van der Waals surface area contributed by atoms with E-state index in [1.165, 1.54) is 0 Å². The average molecular weight is 327 g/mol. The maximum absolute atomic E-state index is 12.2. The highest BCUT2D eigenvalue weighted by Crippen LogP contribution is 2.32. The number of halogens is 3. The van der Waals surface area contributed by atoms with E-state index in [9.17, 15) is 21.6 Å². The minimum absolute atomic E-state index is 0.0781. The van der Waals surface area contributed by atoms with Crippen LogP contribution < -0.4 is 5.32 Å². The van der Waals surface area contributed by atoms with Gasteiger partial charge < -0.3 is 5.32 Å². The van der Waals surface area contributed by atoms with Crippen molar-refractivity contribution < 1.29 is 21.6 Å². The molecule has 0 saturated carbocycles. The molecule has 114 valence electrons. The van der Waals surface area contributed by atoms with Crippen LogP contribution in [-0.4, -0.2) is 38.4 Å². The van der Waals surface area contributed by atoms with Gasteiger partial charge in [-0.1, -0.05) is 12.1 Å². The van der Waals surface area contributed by atoms with Crippen LogP contribution in [-0.2, 0) is 9.84 Å². The highest BCUT2D eigenvalue weighted by molar-refractivity contribution is 7.99. The normalized spacial score (nSPS) is 14.1. The van der Waals surface area contributed by atoms with Crippen LogP contribution >= 0.6 is 11.8 Å². The first-order valence-electron chi connectivity index (χ1n) is 5.80. The number of benzene rings is 1. The van der Waals surface area contributed by atoms with E-state index < -0.39 is 21.8 Å². The monoisotopic (exact) mass is 327 g/mol. The van der Waals surface area contributed by atoms with Crippen molar-refractivity contribution in [2.45, 2.75) is 24.0 Å². The zero-order valence-electron chi connectivity index (χ0n) is 11.1. The Morgan fingerprint density at radius 1 is 1.30 bits per heavy atom. The molecule has 0 fully saturated rings. The van der Waals surface area contributed by atoms with Gasteiger partial charge in [-0.25, -0.2) is 8.42 Å². The number of thioether (sulfide) groups is 1. The summed E-state index contributed by atoms with van der Waals surface area (Å²) in [5, 5.41) is 2.94. The molecule has 0 saturated heterocycles. The number of para-hydroxylation sites is 1. The van der Waals surface area contributed by atoms with Crippen LogP contribution in [0.5, 0.6) is 0 Å². The van der Waals surface area contributed by atoms with Crippen molar-refractivity contribution in [2.24, 2.45) is 0 Å². The summed E-state index contributed by atoms with van der Waals surface area (Å²) in [7, 11) is -3.14. The largest absolute Gasteiger partial charge is 0.398 e. The van der Waals surface area contributed by atoms with Crippen molar-refractivity contribution >= 4 is 27.3 Å². The van der Waals surface area contributed by atoms with Crippen LogP contribution in [0.25, 0.3) is 0 Å². The average Bonchev–Trinajstić information content (AvgIpc) is 2.24. The molecule has 1 atom stereocenters. The second kappa shape index (κ2) is 6.71. The van der Waals surface area contributed by atoms with Gasteiger partial charge in [0.1, 0.15) is 9.84 Å². The molecular weight excluding hydrogens is 311 g/mol. The highest BCUT2D eigenvalue weighted by atomic mass is 32.2. The number of hydrogen-bond acceptors (Lipinski definition) is 4. The molecule has 0 aliphatic rings. The molecule has 0 aliphatic carbocycles. The molecule has 0 heterocycles. The first kappa shape index (κ1) is 17.2. The molecule has 0 spiro atoms. The summed E-state index contributed by atoms with van der Waals surface area (Å²) in [6.45, 7) is 1.67. The standard InChI is InChI=1S/C12H16F3NO2S2/c1-9(7-20(2,17)18)16-10-5-3-4-6-11(10)19-8-12(13,14)15/h3-6,9,16H,7-8H2,1-2H3. The van der Waals surface area contributed by atoms with E-state index in [0.717, 1.165) is 6.26 Å². The van der Waals surface area contributed by atoms with Gasteiger partial charge in [-0.3, -0.25) is 0 Å². The molecule has 1 aromatic rings. The predicted molar refractivity (Wildman–Crippen MR) is 76.0 cm³/mol. The number of nitrogens with one attached hydrogen (secondary N) is 1. The van der Waals surface area contributed by atoms with Gasteiger partial charge in [0.05, 0.1) is 11.5 Å². The minimum atomic E-state index is -4.24. The number of sulfone groups is 1. The Labute approximate surface area is 120 Å². The van der Waals surface area contributed by atoms with E-state index in [1.54, 1.807) is 31.2 Å². The Bertz CT molecular complexity index is 544. The van der Waals surface area contributed by atoms with Crippen molar-refractivity contribution in [2.75, 3.05) is 23.1 Å². The molecule has 0 amide bonds. The maximum atomic E-state index is 12.2. The van der Waals surface area contributed by atoms with Gasteiger partial charge in [-0.05, 0) is 19.1 Å². The molecule has 0 aliphatic heterocycles. The zero-order chi connectivity index (χ0) is 15.4. The van der Waals surface area contributed by atoms with E-state index in [2.05, 4.69) is 5.32 Å². The minimum Gasteiger partial charge on any atom is -0.381 e. The summed E-state index contributed by atoms with van der Waals surface area (Å²) in [6, 6.07) is 6.17. The summed E-state index contributed by atoms with van der Waals surface area (Å²) in [4.78, 5) is 0.449. The summed E-state index contributed by atoms with van der Waals surface area (Å²) < 4.78 is 59.1. The second-order valence-corrected chi connectivity index (χ2v) is 7.74. The summed E-state index contributed by atoms with van der Waals surface area (Å²) in [5.41, 5.74) is 0.512. The topological polar surface area (TPSA) is 46.2 Å². The zero-order valence-corrected chi connectivity index (χ0v) is 12.7. The molecule has 1 aromatic carbocycles. The van der Waals surface area contributed by atoms with Crippen molar-refractivity contribution in [3.63, 3.8) is 0 Å². The van der Waals surface area contributed by atoms with E-state index in [-0.39, 0.29) is 11.8 Å². The van der Waals surface area contributed by atoms with Gasteiger partial charge in [0, 0.05) is 22.9 Å². The SMILES string of the molecule is CC(CS(C)(=O)=O)Nc1ccccc1SCC(F)(F)F. The molecule has 0 bridgehead atoms. The quantitative estimate of drug-likeness (QED) is 0.815. The molecule has 20 heavy (non-hydrogen) atoms. The van der Waals surface area contributed by atoms with Crippen LogP contribution in [0.4, 0.5) is 18.9 Å². The van der Waals surface area contributed by atoms with Crippen molar-refractivity contribution in [3.05, 3.63) is 24.3 Å². The Morgan fingerprint density at radius 3 is 2.45 bits per heavy atom. The third-order valence-electron chi connectivity index (χ3n) is 2.23. The van der Waals surface area contributed by atoms with E-state index in [4.69, 9.17) is 0 Å². The first-order valence-corrected chi connectivity index (χ1v) is 8.84. The molecule has 3 nitrogen and oxygen atoms in total. The Hall–Kier alpha value is -0.890. The first-order chi connectivity index (χ1) is 9.07. The van der Waals surface area contributed by atoms with Crippen molar-refractivity contribution in [1.82, 2.24) is 0 Å². The third-order valence-corrected chi connectivity index (χ3v) is 4.48. The third kappa shape index (κ3) is 7.04. The lowest BCUT2D eigenvalue weighted by molar-refractivity contribution is -0.105. The van der Waals surface area contributed by atoms with Gasteiger partial charge in [0.15, 0.2) is 0 Å². The molecule has 1 unspecified atom stereocenters. The fourth-order valence-corrected chi connectivity index (χ4v) is 3.40. The number of rotatable bonds is 6. The van der Waals surface area contributed by atoms with Crippen LogP contribution in [0, 0.1) is 0 Å². The van der Waals surface area contributed by atoms with Gasteiger partial charge in [-0.15, -0.1) is 11.8 Å². The summed E-state index contributed by atoms with van der Waals surface area (Å²) in [5.74, 6) is -1.06. The van der Waals surface area contributed by atoms with Crippen LogP contribution in [0.1, 0.15) is 6.92 Å². The summed E-state index contributed by atoms with van der Waals surface area (Å²) in [6.07, 6.45) is -3.12. The Morgan fingerprint density at radius 2 is 1.90 bits per heavy atom. The van der Waals surface area contributed by atoms with Crippen LogP contribution in [0.2, 0.25) is 0 Å². The van der Waals surface area contributed by atoms with Gasteiger partial charge >= 0.3 is 6.18 Å². The van der Waals surface area contributed by atoms with E-state index in [0.29, 0.717) is 22.3 Å². The molecule has 0 radical (unpaired) electrons. The fraction of sp³-hybridized carbons (Fsp3) is 0.500. The fourth-order valence-electron chi connectivity index (χ4n) is 1.63. The second-order valence-electron chi connectivity index (χ2n) is 4.54. The molecule has 0 aromatic heterocycles. The lowest BCUT2D eigenvalue weighted by Crippen LogP contribution is -2.25. The van der Waals surface area contributed by atoms with Gasteiger partial charge in [-0.2, -0.15) is 13.2 Å². The Balaban J connectivity index is 2.75. The smallest absolute Gasteiger partial charge is 0.381 e.